The Labute approximate surface area is 134 Å². The number of aliphatic hydroxyl groups is 1. The Morgan fingerprint density at radius 1 is 1.21 bits per heavy atom. The van der Waals surface area contributed by atoms with Crippen molar-refractivity contribution in [3.63, 3.8) is 0 Å². The number of hydrogen-bond acceptors (Lipinski definition) is 5. The molecule has 0 radical (unpaired) electrons. The van der Waals surface area contributed by atoms with Crippen molar-refractivity contribution in [2.75, 3.05) is 5.32 Å². The van der Waals surface area contributed by atoms with Gasteiger partial charge >= 0.3 is 6.36 Å². The molecule has 2 N–H and O–H groups in total. The van der Waals surface area contributed by atoms with E-state index in [1.54, 1.807) is 17.7 Å². The highest BCUT2D eigenvalue weighted by molar-refractivity contribution is 5.90. The molecule has 0 saturated carbocycles. The van der Waals surface area contributed by atoms with Gasteiger partial charge < -0.3 is 19.7 Å². The second-order valence-electron chi connectivity index (χ2n) is 5.01. The van der Waals surface area contributed by atoms with Crippen LogP contribution in [0.15, 0.2) is 36.7 Å². The van der Waals surface area contributed by atoms with E-state index in [0.717, 1.165) is 0 Å². The van der Waals surface area contributed by atoms with E-state index in [1.807, 2.05) is 0 Å². The van der Waals surface area contributed by atoms with Crippen LogP contribution in [0.1, 0.15) is 5.69 Å². The number of aromatic nitrogens is 3. The van der Waals surface area contributed by atoms with E-state index in [0.29, 0.717) is 28.2 Å². The molecule has 2 aromatic heterocycles. The molecule has 9 heteroatoms. The Morgan fingerprint density at radius 2 is 1.92 bits per heavy atom. The third-order valence-electron chi connectivity index (χ3n) is 3.43. The number of aryl methyl sites for hydroxylation is 1. The standard InChI is InChI=1S/C15H13F3N4O2/c1-22-10(7-23)6-12-13(19-8-20-14(12)22)21-9-2-4-11(5-3-9)24-15(16,17)18/h2-6,8,23H,7H2,1H3,(H,19,20,21). The maximum absolute atomic E-state index is 12.2. The second kappa shape index (κ2) is 6.00. The van der Waals surface area contributed by atoms with Crippen LogP contribution in [0.25, 0.3) is 11.0 Å². The van der Waals surface area contributed by atoms with E-state index in [1.165, 1.54) is 30.6 Å². The molecule has 0 aliphatic heterocycles. The summed E-state index contributed by atoms with van der Waals surface area (Å²) in [6.45, 7) is -0.143. The van der Waals surface area contributed by atoms with E-state index >= 15 is 0 Å². The minimum absolute atomic E-state index is 0.143. The number of ether oxygens (including phenoxy) is 1. The van der Waals surface area contributed by atoms with Gasteiger partial charge in [0.25, 0.3) is 0 Å². The highest BCUT2D eigenvalue weighted by Crippen LogP contribution is 2.28. The van der Waals surface area contributed by atoms with Crippen LogP contribution in [-0.4, -0.2) is 26.0 Å². The molecule has 6 nitrogen and oxygen atoms in total. The minimum atomic E-state index is -4.72. The van der Waals surface area contributed by atoms with Crippen LogP contribution in [0.2, 0.25) is 0 Å². The molecule has 24 heavy (non-hydrogen) atoms. The summed E-state index contributed by atoms with van der Waals surface area (Å²) in [4.78, 5) is 8.31. The number of halogens is 3. The molecule has 2 heterocycles. The van der Waals surface area contributed by atoms with Gasteiger partial charge in [0.05, 0.1) is 12.0 Å². The number of hydrogen-bond donors (Lipinski definition) is 2. The van der Waals surface area contributed by atoms with Gasteiger partial charge in [0.15, 0.2) is 0 Å². The second-order valence-corrected chi connectivity index (χ2v) is 5.01. The number of anilines is 2. The van der Waals surface area contributed by atoms with Crippen molar-refractivity contribution < 1.29 is 23.0 Å². The molecule has 3 aromatic rings. The SMILES string of the molecule is Cn1c(CO)cc2c(Nc3ccc(OC(F)(F)F)cc3)ncnc21. The number of aliphatic hydroxyl groups excluding tert-OH is 1. The molecule has 0 aliphatic rings. The predicted molar refractivity (Wildman–Crippen MR) is 80.8 cm³/mol. The maximum Gasteiger partial charge on any atom is 0.573 e. The lowest BCUT2D eigenvalue weighted by Gasteiger charge is -2.10. The van der Waals surface area contributed by atoms with Crippen LogP contribution in [0.5, 0.6) is 5.75 Å². The van der Waals surface area contributed by atoms with Gasteiger partial charge in [-0.1, -0.05) is 0 Å². The molecule has 1 aromatic carbocycles. The first-order chi connectivity index (χ1) is 11.4. The molecule has 0 spiro atoms. The van der Waals surface area contributed by atoms with Crippen molar-refractivity contribution >= 4 is 22.5 Å². The topological polar surface area (TPSA) is 72.2 Å². The van der Waals surface area contributed by atoms with Gasteiger partial charge in [-0.3, -0.25) is 0 Å². The first-order valence-corrected chi connectivity index (χ1v) is 6.90. The lowest BCUT2D eigenvalue weighted by Crippen LogP contribution is -2.16. The molecule has 0 bridgehead atoms. The fraction of sp³-hybridized carbons (Fsp3) is 0.200. The first-order valence-electron chi connectivity index (χ1n) is 6.90. The lowest BCUT2D eigenvalue weighted by atomic mass is 10.3. The van der Waals surface area contributed by atoms with E-state index in [9.17, 15) is 18.3 Å². The molecular formula is C15H13F3N4O2. The van der Waals surface area contributed by atoms with E-state index in [2.05, 4.69) is 20.0 Å². The van der Waals surface area contributed by atoms with Crippen LogP contribution in [0.4, 0.5) is 24.7 Å². The molecule has 0 saturated heterocycles. The van der Waals surface area contributed by atoms with Crippen LogP contribution < -0.4 is 10.1 Å². The largest absolute Gasteiger partial charge is 0.573 e. The number of nitrogens with one attached hydrogen (secondary N) is 1. The van der Waals surface area contributed by atoms with E-state index in [-0.39, 0.29) is 12.4 Å². The Hall–Kier alpha value is -2.81. The molecule has 3 rings (SSSR count). The summed E-state index contributed by atoms with van der Waals surface area (Å²) in [6.07, 6.45) is -3.36. The van der Waals surface area contributed by atoms with Crippen molar-refractivity contribution in [2.45, 2.75) is 13.0 Å². The van der Waals surface area contributed by atoms with Crippen molar-refractivity contribution in [1.82, 2.24) is 14.5 Å². The van der Waals surface area contributed by atoms with E-state index < -0.39 is 6.36 Å². The highest BCUT2D eigenvalue weighted by Gasteiger charge is 2.30. The average Bonchev–Trinajstić information content (AvgIpc) is 2.85. The molecular weight excluding hydrogens is 325 g/mol. The minimum Gasteiger partial charge on any atom is -0.406 e. The maximum atomic E-state index is 12.2. The van der Waals surface area contributed by atoms with Gasteiger partial charge in [-0.15, -0.1) is 13.2 Å². The van der Waals surface area contributed by atoms with Crippen LogP contribution in [0.3, 0.4) is 0 Å². The van der Waals surface area contributed by atoms with Crippen LogP contribution >= 0.6 is 0 Å². The summed E-state index contributed by atoms with van der Waals surface area (Å²) < 4.78 is 42.0. The molecule has 0 amide bonds. The lowest BCUT2D eigenvalue weighted by molar-refractivity contribution is -0.274. The van der Waals surface area contributed by atoms with Gasteiger partial charge in [-0.05, 0) is 30.3 Å². The normalized spacial score (nSPS) is 11.7. The zero-order chi connectivity index (χ0) is 17.3. The first kappa shape index (κ1) is 16.1. The van der Waals surface area contributed by atoms with Gasteiger partial charge in [-0.25, -0.2) is 9.97 Å². The van der Waals surface area contributed by atoms with Crippen LogP contribution in [0, 0.1) is 0 Å². The predicted octanol–water partition coefficient (Wildman–Crippen LogP) is 3.10. The fourth-order valence-electron chi connectivity index (χ4n) is 2.31. The Morgan fingerprint density at radius 3 is 2.54 bits per heavy atom. The molecule has 126 valence electrons. The number of alkyl halides is 3. The summed E-state index contributed by atoms with van der Waals surface area (Å²) in [5, 5.41) is 13.0. The number of rotatable bonds is 4. The Kier molecular flexibility index (Phi) is 4.02. The number of fused-ring (bicyclic) bond motifs is 1. The zero-order valence-corrected chi connectivity index (χ0v) is 12.5. The third-order valence-corrected chi connectivity index (χ3v) is 3.43. The summed E-state index contributed by atoms with van der Waals surface area (Å²) in [6, 6.07) is 7.06. The van der Waals surface area contributed by atoms with Crippen molar-refractivity contribution in [3.8, 4) is 5.75 Å². The fourth-order valence-corrected chi connectivity index (χ4v) is 2.31. The monoisotopic (exact) mass is 338 g/mol. The van der Waals surface area contributed by atoms with Crippen molar-refractivity contribution in [1.29, 1.82) is 0 Å². The van der Waals surface area contributed by atoms with Crippen LogP contribution in [-0.2, 0) is 13.7 Å². The zero-order valence-electron chi connectivity index (χ0n) is 12.5. The quantitative estimate of drug-likeness (QED) is 0.765. The van der Waals surface area contributed by atoms with Crippen molar-refractivity contribution in [2.24, 2.45) is 7.05 Å². The molecule has 0 aliphatic carbocycles. The van der Waals surface area contributed by atoms with Gasteiger partial charge in [-0.2, -0.15) is 0 Å². The highest BCUT2D eigenvalue weighted by atomic mass is 19.4. The number of benzene rings is 1. The molecule has 0 fully saturated rings. The molecule has 0 unspecified atom stereocenters. The summed E-state index contributed by atoms with van der Waals surface area (Å²) >= 11 is 0. The number of nitrogens with zero attached hydrogens (tertiary/aromatic N) is 3. The Bertz CT molecular complexity index is 860. The van der Waals surface area contributed by atoms with E-state index in [4.69, 9.17) is 0 Å². The smallest absolute Gasteiger partial charge is 0.406 e. The van der Waals surface area contributed by atoms with Gasteiger partial charge in [0.2, 0.25) is 0 Å². The average molecular weight is 338 g/mol. The third kappa shape index (κ3) is 3.25. The van der Waals surface area contributed by atoms with Crippen molar-refractivity contribution in [3.05, 3.63) is 42.4 Å². The summed E-state index contributed by atoms with van der Waals surface area (Å²) in [5.41, 5.74) is 1.84. The Balaban J connectivity index is 1.87. The van der Waals surface area contributed by atoms with Gasteiger partial charge in [0, 0.05) is 18.4 Å². The molecule has 0 atom stereocenters. The van der Waals surface area contributed by atoms with Gasteiger partial charge in [0.1, 0.15) is 23.5 Å². The summed E-state index contributed by atoms with van der Waals surface area (Å²) in [7, 11) is 1.77. The summed E-state index contributed by atoms with van der Waals surface area (Å²) in [5.74, 6) is 0.183.